The third-order valence-corrected chi connectivity index (χ3v) is 6.98. The molecule has 0 aliphatic carbocycles. The average Bonchev–Trinajstić information content (AvgIpc) is 3.16. The van der Waals surface area contributed by atoms with Crippen molar-refractivity contribution in [3.05, 3.63) is 58.3 Å². The molecule has 3 nitrogen and oxygen atoms in total. The molecule has 1 saturated heterocycles. The van der Waals surface area contributed by atoms with Crippen LogP contribution in [-0.2, 0) is 14.9 Å². The number of nitrogens with zero attached hydrogens (tertiary/aromatic N) is 1. The summed E-state index contributed by atoms with van der Waals surface area (Å²) >= 11 is 1.80. The molecule has 0 unspecified atom stereocenters. The summed E-state index contributed by atoms with van der Waals surface area (Å²) in [5, 5.41) is 2.14. The lowest BCUT2D eigenvalue weighted by molar-refractivity contribution is -0.138. The Kier molecular flexibility index (Phi) is 6.07. The van der Waals surface area contributed by atoms with Crippen molar-refractivity contribution in [1.29, 1.82) is 0 Å². The maximum absolute atomic E-state index is 12.5. The van der Waals surface area contributed by atoms with Gasteiger partial charge in [0, 0.05) is 36.4 Å². The number of carbonyl (C=O) groups excluding carboxylic acids is 1. The van der Waals surface area contributed by atoms with E-state index in [4.69, 9.17) is 4.74 Å². The fourth-order valence-corrected chi connectivity index (χ4v) is 5.16. The van der Waals surface area contributed by atoms with Crippen molar-refractivity contribution in [2.24, 2.45) is 0 Å². The molecule has 27 heavy (non-hydrogen) atoms. The summed E-state index contributed by atoms with van der Waals surface area (Å²) in [6.07, 6.45) is 2.73. The van der Waals surface area contributed by atoms with Gasteiger partial charge in [-0.2, -0.15) is 0 Å². The summed E-state index contributed by atoms with van der Waals surface area (Å²) in [7, 11) is 0. The van der Waals surface area contributed by atoms with Gasteiger partial charge in [0.1, 0.15) is 0 Å². The Hall–Kier alpha value is -1.65. The molecule has 2 atom stereocenters. The molecule has 1 aliphatic heterocycles. The third kappa shape index (κ3) is 4.61. The molecule has 0 bridgehead atoms. The molecule has 1 aromatic heterocycles. The van der Waals surface area contributed by atoms with Crippen LogP contribution >= 0.6 is 11.3 Å². The van der Waals surface area contributed by atoms with Gasteiger partial charge in [0.25, 0.3) is 0 Å². The number of thiophene rings is 1. The molecule has 2 aromatic rings. The second-order valence-corrected chi connectivity index (χ2v) is 9.34. The largest absolute Gasteiger partial charge is 0.375 e. The number of benzene rings is 1. The molecule has 0 saturated carbocycles. The van der Waals surface area contributed by atoms with Crippen LogP contribution in [0.3, 0.4) is 0 Å². The van der Waals surface area contributed by atoms with Gasteiger partial charge in [-0.3, -0.25) is 4.79 Å². The summed E-state index contributed by atoms with van der Waals surface area (Å²) < 4.78 is 5.86. The minimum atomic E-state index is -0.160. The van der Waals surface area contributed by atoms with Crippen molar-refractivity contribution >= 4 is 17.2 Å². The molecule has 0 spiro atoms. The van der Waals surface area contributed by atoms with Crippen LogP contribution in [0.4, 0.5) is 0 Å². The van der Waals surface area contributed by atoms with Crippen molar-refractivity contribution in [3.8, 4) is 0 Å². The van der Waals surface area contributed by atoms with Gasteiger partial charge < -0.3 is 9.64 Å². The highest BCUT2D eigenvalue weighted by Crippen LogP contribution is 2.38. The lowest BCUT2D eigenvalue weighted by Gasteiger charge is -2.42. The Balaban J connectivity index is 1.82. The highest BCUT2D eigenvalue weighted by atomic mass is 32.1. The first-order chi connectivity index (χ1) is 12.8. The van der Waals surface area contributed by atoms with Crippen LogP contribution in [0.15, 0.2) is 47.8 Å². The van der Waals surface area contributed by atoms with Gasteiger partial charge in [0.05, 0.1) is 5.60 Å². The van der Waals surface area contributed by atoms with Gasteiger partial charge in [-0.05, 0) is 50.1 Å². The second kappa shape index (κ2) is 8.15. The maximum Gasteiger partial charge on any atom is 0.219 e. The molecule has 1 aliphatic rings. The first-order valence-corrected chi connectivity index (χ1v) is 10.7. The highest BCUT2D eigenvalue weighted by Gasteiger charge is 2.36. The molecule has 146 valence electrons. The van der Waals surface area contributed by atoms with E-state index in [9.17, 15) is 4.79 Å². The maximum atomic E-state index is 12.5. The van der Waals surface area contributed by atoms with Gasteiger partial charge in [0.2, 0.25) is 5.91 Å². The number of hydrogen-bond donors (Lipinski definition) is 0. The lowest BCUT2D eigenvalue weighted by atomic mass is 9.77. The number of hydrogen-bond acceptors (Lipinski definition) is 3. The van der Waals surface area contributed by atoms with E-state index in [0.29, 0.717) is 0 Å². The highest BCUT2D eigenvalue weighted by molar-refractivity contribution is 7.10. The Morgan fingerprint density at radius 1 is 1.26 bits per heavy atom. The van der Waals surface area contributed by atoms with E-state index >= 15 is 0 Å². The van der Waals surface area contributed by atoms with Crippen LogP contribution in [0.1, 0.15) is 57.4 Å². The van der Waals surface area contributed by atoms with Crippen molar-refractivity contribution < 1.29 is 9.53 Å². The zero-order valence-electron chi connectivity index (χ0n) is 16.9. The second-order valence-electron chi connectivity index (χ2n) is 8.39. The zero-order valence-corrected chi connectivity index (χ0v) is 17.7. The lowest BCUT2D eigenvalue weighted by Crippen LogP contribution is -2.49. The van der Waals surface area contributed by atoms with E-state index in [2.05, 4.69) is 73.5 Å². The monoisotopic (exact) mass is 385 g/mol. The van der Waals surface area contributed by atoms with Gasteiger partial charge in [0.15, 0.2) is 0 Å². The summed E-state index contributed by atoms with van der Waals surface area (Å²) in [6.45, 7) is 9.74. The summed E-state index contributed by atoms with van der Waals surface area (Å²) in [4.78, 5) is 15.9. The van der Waals surface area contributed by atoms with Crippen molar-refractivity contribution in [1.82, 2.24) is 4.90 Å². The van der Waals surface area contributed by atoms with Gasteiger partial charge >= 0.3 is 0 Å². The fourth-order valence-electron chi connectivity index (χ4n) is 4.22. The molecule has 1 fully saturated rings. The molecule has 1 amide bonds. The number of amides is 1. The van der Waals surface area contributed by atoms with Gasteiger partial charge in [-0.1, -0.05) is 43.3 Å². The Morgan fingerprint density at radius 3 is 2.59 bits per heavy atom. The molecular weight excluding hydrogens is 354 g/mol. The fraction of sp³-hybridized carbons (Fsp3) is 0.522. The summed E-state index contributed by atoms with van der Waals surface area (Å²) in [5.74, 6) is 0.166. The molecule has 4 heteroatoms. The molecule has 0 radical (unpaired) electrons. The first kappa shape index (κ1) is 20.1. The van der Waals surface area contributed by atoms with Crippen molar-refractivity contribution in [2.45, 2.75) is 64.0 Å². The van der Waals surface area contributed by atoms with Crippen LogP contribution in [0.2, 0.25) is 0 Å². The first-order valence-electron chi connectivity index (χ1n) is 9.82. The van der Waals surface area contributed by atoms with Gasteiger partial charge in [-0.15, -0.1) is 11.3 Å². The van der Waals surface area contributed by atoms with E-state index in [1.165, 1.54) is 10.4 Å². The van der Waals surface area contributed by atoms with Crippen LogP contribution in [-0.4, -0.2) is 35.6 Å². The van der Waals surface area contributed by atoms with E-state index < -0.39 is 0 Å². The quantitative estimate of drug-likeness (QED) is 0.680. The average molecular weight is 386 g/mol. The van der Waals surface area contributed by atoms with E-state index in [1.807, 2.05) is 0 Å². The van der Waals surface area contributed by atoms with Crippen LogP contribution in [0.25, 0.3) is 0 Å². The van der Waals surface area contributed by atoms with E-state index in [-0.39, 0.29) is 23.0 Å². The van der Waals surface area contributed by atoms with Crippen molar-refractivity contribution in [2.75, 3.05) is 13.2 Å². The molecular formula is C23H31NO2S. The smallest absolute Gasteiger partial charge is 0.219 e. The molecule has 3 rings (SSSR count). The van der Waals surface area contributed by atoms with Crippen LogP contribution in [0, 0.1) is 0 Å². The Labute approximate surface area is 167 Å². The van der Waals surface area contributed by atoms with Crippen LogP contribution < -0.4 is 0 Å². The standard InChI is InChI=1S/C23H31NO2S/c1-18(25)24(20-12-15-26-22(2,3)17-20)14-13-23(4,21-11-8-16-27-21)19-9-6-5-7-10-19/h5-11,16,20H,12-15,17H2,1-4H3/t20-,23-/m0/s1. The zero-order chi connectivity index (χ0) is 19.5. The predicted octanol–water partition coefficient (Wildman–Crippen LogP) is 5.25. The number of rotatable bonds is 6. The van der Waals surface area contributed by atoms with E-state index in [0.717, 1.165) is 32.4 Å². The van der Waals surface area contributed by atoms with Crippen LogP contribution in [0.5, 0.6) is 0 Å². The minimum absolute atomic E-state index is 0.0934. The van der Waals surface area contributed by atoms with Gasteiger partial charge in [-0.25, -0.2) is 0 Å². The molecule has 1 aromatic carbocycles. The minimum Gasteiger partial charge on any atom is -0.375 e. The molecule has 2 heterocycles. The Bertz CT molecular complexity index is 741. The Morgan fingerprint density at radius 2 is 2.00 bits per heavy atom. The summed E-state index contributed by atoms with van der Waals surface area (Å²) in [5.41, 5.74) is 1.06. The topological polar surface area (TPSA) is 29.5 Å². The third-order valence-electron chi connectivity index (χ3n) is 5.84. The summed E-state index contributed by atoms with van der Waals surface area (Å²) in [6, 6.07) is 15.3. The predicted molar refractivity (Wildman–Crippen MR) is 112 cm³/mol. The molecule has 0 N–H and O–H groups in total. The normalized spacial score (nSPS) is 21.4. The van der Waals surface area contributed by atoms with E-state index in [1.54, 1.807) is 18.3 Å². The number of ether oxygens (including phenoxy) is 1. The SMILES string of the molecule is CC(=O)N(CC[C@@](C)(c1ccccc1)c1cccs1)[C@H]1CCOC(C)(C)C1. The number of carbonyl (C=O) groups is 1. The van der Waals surface area contributed by atoms with Crippen molar-refractivity contribution in [3.63, 3.8) is 0 Å².